The molecule has 0 atom stereocenters. The van der Waals surface area contributed by atoms with E-state index < -0.39 is 0 Å². The third-order valence-electron chi connectivity index (χ3n) is 4.73. The third kappa shape index (κ3) is 4.99. The second kappa shape index (κ2) is 9.01. The second-order valence-electron chi connectivity index (χ2n) is 6.88. The number of aromatic nitrogens is 3. The lowest BCUT2D eigenvalue weighted by molar-refractivity contribution is 0.195. The van der Waals surface area contributed by atoms with Crippen LogP contribution in [0.5, 0.6) is 0 Å². The van der Waals surface area contributed by atoms with Crippen LogP contribution in [0, 0.1) is 0 Å². The highest BCUT2D eigenvalue weighted by molar-refractivity contribution is 5.75. The standard InChI is InChI=1S/C23H23N5O/c29-23(25-16-18-7-2-1-3-8-18)28(17-19-9-6-13-24-15-19)14-12-22-26-20-10-4-5-11-21(20)27-22/h1-11,13,15H,12,14,16-17H2,(H,25,29)(H,26,27). The number of pyridine rings is 1. The zero-order chi connectivity index (χ0) is 19.9. The summed E-state index contributed by atoms with van der Waals surface area (Å²) in [5, 5.41) is 3.02. The number of imidazole rings is 1. The molecule has 0 radical (unpaired) electrons. The summed E-state index contributed by atoms with van der Waals surface area (Å²) >= 11 is 0. The van der Waals surface area contributed by atoms with Crippen molar-refractivity contribution in [3.63, 3.8) is 0 Å². The summed E-state index contributed by atoms with van der Waals surface area (Å²) in [6.07, 6.45) is 4.17. The normalized spacial score (nSPS) is 10.8. The van der Waals surface area contributed by atoms with Crippen LogP contribution in [-0.4, -0.2) is 32.4 Å². The van der Waals surface area contributed by atoms with Gasteiger partial charge in [-0.1, -0.05) is 48.5 Å². The second-order valence-corrected chi connectivity index (χ2v) is 6.88. The molecule has 4 aromatic rings. The van der Waals surface area contributed by atoms with E-state index >= 15 is 0 Å². The molecule has 29 heavy (non-hydrogen) atoms. The number of para-hydroxylation sites is 2. The van der Waals surface area contributed by atoms with E-state index in [1.54, 1.807) is 17.3 Å². The first-order valence-corrected chi connectivity index (χ1v) is 9.67. The van der Waals surface area contributed by atoms with Gasteiger partial charge in [-0.2, -0.15) is 0 Å². The Kier molecular flexibility index (Phi) is 5.81. The van der Waals surface area contributed by atoms with E-state index in [4.69, 9.17) is 0 Å². The van der Waals surface area contributed by atoms with E-state index in [1.165, 1.54) is 0 Å². The number of benzene rings is 2. The van der Waals surface area contributed by atoms with Gasteiger partial charge in [-0.3, -0.25) is 4.98 Å². The van der Waals surface area contributed by atoms with Crippen LogP contribution < -0.4 is 5.32 Å². The van der Waals surface area contributed by atoms with Crippen molar-refractivity contribution in [3.8, 4) is 0 Å². The van der Waals surface area contributed by atoms with Crippen molar-refractivity contribution in [1.29, 1.82) is 0 Å². The molecule has 6 heteroatoms. The Morgan fingerprint density at radius 2 is 1.76 bits per heavy atom. The molecule has 0 aliphatic rings. The number of carbonyl (C=O) groups is 1. The maximum Gasteiger partial charge on any atom is 0.317 e. The minimum absolute atomic E-state index is 0.103. The molecule has 0 spiro atoms. The summed E-state index contributed by atoms with van der Waals surface area (Å²) in [7, 11) is 0. The van der Waals surface area contributed by atoms with Crippen LogP contribution in [0.3, 0.4) is 0 Å². The fourth-order valence-corrected chi connectivity index (χ4v) is 3.21. The molecule has 0 bridgehead atoms. The van der Waals surface area contributed by atoms with Gasteiger partial charge < -0.3 is 15.2 Å². The van der Waals surface area contributed by atoms with Crippen molar-refractivity contribution in [2.24, 2.45) is 0 Å². The molecule has 0 fully saturated rings. The Labute approximate surface area is 169 Å². The predicted octanol–water partition coefficient (Wildman–Crippen LogP) is 3.91. The topological polar surface area (TPSA) is 73.9 Å². The van der Waals surface area contributed by atoms with Gasteiger partial charge in [0.05, 0.1) is 11.0 Å². The fourth-order valence-electron chi connectivity index (χ4n) is 3.21. The van der Waals surface area contributed by atoms with Crippen molar-refractivity contribution < 1.29 is 4.79 Å². The Bertz CT molecular complexity index is 1030. The number of rotatable bonds is 7. The van der Waals surface area contributed by atoms with Crippen LogP contribution in [-0.2, 0) is 19.5 Å². The number of fused-ring (bicyclic) bond motifs is 1. The molecule has 6 nitrogen and oxygen atoms in total. The van der Waals surface area contributed by atoms with Crippen LogP contribution in [0.25, 0.3) is 11.0 Å². The number of nitrogens with one attached hydrogen (secondary N) is 2. The highest BCUT2D eigenvalue weighted by atomic mass is 16.2. The number of hydrogen-bond acceptors (Lipinski definition) is 3. The van der Waals surface area contributed by atoms with Gasteiger partial charge in [0.25, 0.3) is 0 Å². The summed E-state index contributed by atoms with van der Waals surface area (Å²) in [5.41, 5.74) is 4.01. The summed E-state index contributed by atoms with van der Waals surface area (Å²) in [5.74, 6) is 0.873. The van der Waals surface area contributed by atoms with Crippen LogP contribution in [0.2, 0.25) is 0 Å². The number of nitrogens with zero attached hydrogens (tertiary/aromatic N) is 3. The highest BCUT2D eigenvalue weighted by Gasteiger charge is 2.15. The average Bonchev–Trinajstić information content (AvgIpc) is 3.19. The van der Waals surface area contributed by atoms with Gasteiger partial charge in [0.15, 0.2) is 0 Å². The Hall–Kier alpha value is -3.67. The first-order valence-electron chi connectivity index (χ1n) is 9.67. The van der Waals surface area contributed by atoms with E-state index in [2.05, 4.69) is 20.3 Å². The van der Waals surface area contributed by atoms with Gasteiger partial charge >= 0.3 is 6.03 Å². The largest absolute Gasteiger partial charge is 0.342 e. The molecule has 0 unspecified atom stereocenters. The van der Waals surface area contributed by atoms with Crippen LogP contribution >= 0.6 is 0 Å². The first-order chi connectivity index (χ1) is 14.3. The van der Waals surface area contributed by atoms with Crippen LogP contribution in [0.4, 0.5) is 4.79 Å². The van der Waals surface area contributed by atoms with Gasteiger partial charge in [0, 0.05) is 38.4 Å². The van der Waals surface area contributed by atoms with Crippen LogP contribution in [0.1, 0.15) is 17.0 Å². The third-order valence-corrected chi connectivity index (χ3v) is 4.73. The Balaban J connectivity index is 1.44. The van der Waals surface area contributed by atoms with Crippen molar-refractivity contribution in [2.75, 3.05) is 6.54 Å². The van der Waals surface area contributed by atoms with Gasteiger partial charge in [0.1, 0.15) is 5.82 Å². The van der Waals surface area contributed by atoms with Crippen molar-refractivity contribution in [1.82, 2.24) is 25.2 Å². The maximum absolute atomic E-state index is 12.9. The summed E-state index contributed by atoms with van der Waals surface area (Å²) in [6.45, 7) is 1.54. The molecular weight excluding hydrogens is 362 g/mol. The van der Waals surface area contributed by atoms with Gasteiger partial charge in [0.2, 0.25) is 0 Å². The molecule has 0 aliphatic heterocycles. The van der Waals surface area contributed by atoms with E-state index in [0.717, 1.165) is 28.0 Å². The highest BCUT2D eigenvalue weighted by Crippen LogP contribution is 2.12. The SMILES string of the molecule is O=C(NCc1ccccc1)N(CCc1nc2ccccc2[nH]1)Cc1cccnc1. The van der Waals surface area contributed by atoms with E-state index in [-0.39, 0.29) is 6.03 Å². The van der Waals surface area contributed by atoms with Gasteiger partial charge in [-0.15, -0.1) is 0 Å². The Morgan fingerprint density at radius 1 is 0.966 bits per heavy atom. The number of urea groups is 1. The minimum Gasteiger partial charge on any atom is -0.342 e. The minimum atomic E-state index is -0.103. The fraction of sp³-hybridized carbons (Fsp3) is 0.174. The van der Waals surface area contributed by atoms with Gasteiger partial charge in [-0.05, 0) is 29.3 Å². The lowest BCUT2D eigenvalue weighted by Gasteiger charge is -2.23. The summed E-state index contributed by atoms with van der Waals surface area (Å²) in [6, 6.07) is 21.6. The number of carbonyl (C=O) groups excluding carboxylic acids is 1. The monoisotopic (exact) mass is 385 g/mol. The molecule has 146 valence electrons. The lowest BCUT2D eigenvalue weighted by atomic mass is 10.2. The molecule has 2 aromatic carbocycles. The van der Waals surface area contributed by atoms with Crippen molar-refractivity contribution in [3.05, 3.63) is 96.1 Å². The molecule has 0 saturated carbocycles. The van der Waals surface area contributed by atoms with Crippen molar-refractivity contribution in [2.45, 2.75) is 19.5 Å². The van der Waals surface area contributed by atoms with Crippen LogP contribution in [0.15, 0.2) is 79.1 Å². The van der Waals surface area contributed by atoms with E-state index in [9.17, 15) is 4.79 Å². The van der Waals surface area contributed by atoms with Crippen molar-refractivity contribution >= 4 is 17.1 Å². The molecule has 2 amide bonds. The van der Waals surface area contributed by atoms with E-state index in [0.29, 0.717) is 26.1 Å². The van der Waals surface area contributed by atoms with E-state index in [1.807, 2.05) is 66.7 Å². The molecule has 4 rings (SSSR count). The molecule has 2 N–H and O–H groups in total. The van der Waals surface area contributed by atoms with Gasteiger partial charge in [-0.25, -0.2) is 9.78 Å². The zero-order valence-corrected chi connectivity index (χ0v) is 16.1. The maximum atomic E-state index is 12.9. The quantitative estimate of drug-likeness (QED) is 0.506. The number of aromatic amines is 1. The lowest BCUT2D eigenvalue weighted by Crippen LogP contribution is -2.40. The molecular formula is C23H23N5O. The Morgan fingerprint density at radius 3 is 2.55 bits per heavy atom. The molecule has 0 saturated heterocycles. The summed E-state index contributed by atoms with van der Waals surface area (Å²) < 4.78 is 0. The average molecular weight is 385 g/mol. The molecule has 2 heterocycles. The predicted molar refractivity (Wildman–Crippen MR) is 113 cm³/mol. The smallest absolute Gasteiger partial charge is 0.317 e. The number of H-pyrrole nitrogens is 1. The summed E-state index contributed by atoms with van der Waals surface area (Å²) in [4.78, 5) is 26.8. The number of hydrogen-bond donors (Lipinski definition) is 2. The zero-order valence-electron chi connectivity index (χ0n) is 16.1. The first kappa shape index (κ1) is 18.7. The number of amides is 2. The molecule has 2 aromatic heterocycles. The molecule has 0 aliphatic carbocycles.